The first-order chi connectivity index (χ1) is 12.4. The average molecular weight is 359 g/mol. The Morgan fingerprint density at radius 1 is 0.846 bits per heavy atom. The Morgan fingerprint density at radius 3 is 2.23 bits per heavy atom. The van der Waals surface area contributed by atoms with Crippen molar-refractivity contribution in [1.29, 1.82) is 0 Å². The van der Waals surface area contributed by atoms with E-state index in [1.807, 2.05) is 0 Å². The summed E-state index contributed by atoms with van der Waals surface area (Å²) in [5.74, 6) is -0.141. The number of nitrogens with zero attached hydrogens (tertiary/aromatic N) is 4. The molecule has 0 aliphatic heterocycles. The van der Waals surface area contributed by atoms with Crippen molar-refractivity contribution in [2.24, 2.45) is 0 Å². The fraction of sp³-hybridized carbons (Fsp3) is 0.0588. The van der Waals surface area contributed by atoms with Crippen molar-refractivity contribution < 1.29 is 17.6 Å². The second kappa shape index (κ2) is 5.87. The summed E-state index contributed by atoms with van der Waals surface area (Å²) in [4.78, 5) is 11.9. The molecule has 0 aliphatic carbocycles. The third-order valence-electron chi connectivity index (χ3n) is 3.74. The van der Waals surface area contributed by atoms with Crippen molar-refractivity contribution in [1.82, 2.24) is 25.1 Å². The number of hydrogen-bond acceptors (Lipinski definition) is 4. The molecule has 0 unspecified atom stereocenters. The summed E-state index contributed by atoms with van der Waals surface area (Å²) in [5, 5.41) is 6.35. The van der Waals surface area contributed by atoms with Crippen LogP contribution >= 0.6 is 0 Å². The van der Waals surface area contributed by atoms with Gasteiger partial charge in [0.05, 0.1) is 11.0 Å². The van der Waals surface area contributed by atoms with E-state index in [1.54, 1.807) is 12.1 Å². The van der Waals surface area contributed by atoms with E-state index in [-0.39, 0.29) is 22.3 Å². The Hall–Kier alpha value is -3.36. The zero-order chi connectivity index (χ0) is 18.3. The number of rotatable bonds is 2. The molecular weight excluding hydrogens is 350 g/mol. The fourth-order valence-corrected chi connectivity index (χ4v) is 2.55. The molecule has 26 heavy (non-hydrogen) atoms. The maximum absolute atomic E-state index is 13.5. The number of fused-ring (bicyclic) bond motifs is 1. The number of hydrogen-bond donors (Lipinski definition) is 1. The minimum atomic E-state index is -4.72. The number of aromatic nitrogens is 5. The van der Waals surface area contributed by atoms with Crippen LogP contribution in [0.4, 0.5) is 17.6 Å². The van der Waals surface area contributed by atoms with E-state index in [1.165, 1.54) is 24.5 Å². The van der Waals surface area contributed by atoms with E-state index in [0.29, 0.717) is 11.4 Å². The van der Waals surface area contributed by atoms with E-state index in [9.17, 15) is 17.6 Å². The third-order valence-corrected chi connectivity index (χ3v) is 3.74. The molecule has 2 heterocycles. The first kappa shape index (κ1) is 16.1. The predicted molar refractivity (Wildman–Crippen MR) is 85.3 cm³/mol. The number of halogens is 4. The molecule has 0 bridgehead atoms. The highest BCUT2D eigenvalue weighted by atomic mass is 19.4. The highest BCUT2D eigenvalue weighted by Crippen LogP contribution is 2.36. The van der Waals surface area contributed by atoms with Gasteiger partial charge in [0.1, 0.15) is 17.8 Å². The van der Waals surface area contributed by atoms with Gasteiger partial charge in [0.15, 0.2) is 11.5 Å². The minimum Gasteiger partial charge on any atom is -0.259 e. The summed E-state index contributed by atoms with van der Waals surface area (Å²) < 4.78 is 53.6. The zero-order valence-corrected chi connectivity index (χ0v) is 12.9. The van der Waals surface area contributed by atoms with Gasteiger partial charge in [-0.3, -0.25) is 5.10 Å². The van der Waals surface area contributed by atoms with Crippen molar-refractivity contribution in [2.45, 2.75) is 6.18 Å². The lowest BCUT2D eigenvalue weighted by Crippen LogP contribution is -2.12. The smallest absolute Gasteiger partial charge is 0.259 e. The van der Waals surface area contributed by atoms with Gasteiger partial charge in [0.25, 0.3) is 0 Å². The van der Waals surface area contributed by atoms with Crippen LogP contribution in [0.25, 0.3) is 33.7 Å². The van der Waals surface area contributed by atoms with Crippen LogP contribution in [0, 0.1) is 5.82 Å². The van der Waals surface area contributed by atoms with Crippen molar-refractivity contribution in [3.8, 4) is 22.6 Å². The Kier molecular flexibility index (Phi) is 3.64. The second-order valence-corrected chi connectivity index (χ2v) is 5.46. The van der Waals surface area contributed by atoms with Crippen LogP contribution in [0.5, 0.6) is 0 Å². The monoisotopic (exact) mass is 359 g/mol. The van der Waals surface area contributed by atoms with Gasteiger partial charge in [-0.1, -0.05) is 0 Å². The molecular formula is C17H9F4N5. The van der Waals surface area contributed by atoms with Gasteiger partial charge >= 0.3 is 6.18 Å². The zero-order valence-electron chi connectivity index (χ0n) is 12.9. The van der Waals surface area contributed by atoms with Crippen LogP contribution in [-0.2, 0) is 6.18 Å². The summed E-state index contributed by atoms with van der Waals surface area (Å²) in [6, 6.07) is 9.29. The Bertz CT molecular complexity index is 1070. The quantitative estimate of drug-likeness (QED) is 0.544. The van der Waals surface area contributed by atoms with Gasteiger partial charge in [-0.05, 0) is 42.5 Å². The predicted octanol–water partition coefficient (Wildman–Crippen LogP) is 4.24. The molecule has 4 aromatic rings. The molecule has 0 radical (unpaired) electrons. The lowest BCUT2D eigenvalue weighted by molar-refractivity contribution is -0.140. The molecule has 0 spiro atoms. The largest absolute Gasteiger partial charge is 0.435 e. The van der Waals surface area contributed by atoms with Gasteiger partial charge < -0.3 is 0 Å². The average Bonchev–Trinajstić information content (AvgIpc) is 3.15. The van der Waals surface area contributed by atoms with Crippen LogP contribution in [0.3, 0.4) is 0 Å². The Morgan fingerprint density at radius 2 is 1.58 bits per heavy atom. The molecule has 9 heteroatoms. The van der Waals surface area contributed by atoms with Crippen LogP contribution < -0.4 is 0 Å². The lowest BCUT2D eigenvalue weighted by atomic mass is 10.1. The standard InChI is InChI=1S/C17H9F4N5/c18-11-4-1-9(2-5-11)14-15(17(19,20)21)25-13-7-10(3-6-12(13)24-14)16-22-8-23-26-16/h1-8H,(H,22,23,26). The lowest BCUT2D eigenvalue weighted by Gasteiger charge is -2.13. The highest BCUT2D eigenvalue weighted by Gasteiger charge is 2.37. The van der Waals surface area contributed by atoms with Crippen molar-refractivity contribution >= 4 is 11.0 Å². The number of nitrogens with one attached hydrogen (secondary N) is 1. The summed E-state index contributed by atoms with van der Waals surface area (Å²) >= 11 is 0. The van der Waals surface area contributed by atoms with Gasteiger partial charge in [0.2, 0.25) is 0 Å². The van der Waals surface area contributed by atoms with Crippen LogP contribution in [0.2, 0.25) is 0 Å². The number of H-pyrrole nitrogens is 1. The molecule has 0 amide bonds. The molecule has 2 aromatic carbocycles. The maximum atomic E-state index is 13.5. The number of aromatic amines is 1. The third kappa shape index (κ3) is 2.87. The molecule has 130 valence electrons. The molecule has 1 N–H and O–H groups in total. The van der Waals surface area contributed by atoms with E-state index < -0.39 is 17.7 Å². The normalized spacial score (nSPS) is 11.8. The molecule has 0 fully saturated rings. The molecule has 0 saturated heterocycles. The SMILES string of the molecule is Fc1ccc(-c2nc3ccc(-c4ncn[nH]4)cc3nc2C(F)(F)F)cc1. The molecule has 2 aromatic heterocycles. The second-order valence-electron chi connectivity index (χ2n) is 5.46. The van der Waals surface area contributed by atoms with Crippen LogP contribution in [0.15, 0.2) is 48.8 Å². The van der Waals surface area contributed by atoms with Gasteiger partial charge in [-0.15, -0.1) is 0 Å². The molecule has 0 saturated carbocycles. The van der Waals surface area contributed by atoms with Crippen molar-refractivity contribution in [3.05, 3.63) is 60.3 Å². The molecule has 0 aliphatic rings. The van der Waals surface area contributed by atoms with Gasteiger partial charge in [-0.25, -0.2) is 19.3 Å². The van der Waals surface area contributed by atoms with Crippen LogP contribution in [0.1, 0.15) is 5.69 Å². The summed E-state index contributed by atoms with van der Waals surface area (Å²) in [6.45, 7) is 0. The first-order valence-corrected chi connectivity index (χ1v) is 7.42. The highest BCUT2D eigenvalue weighted by molar-refractivity contribution is 5.82. The summed E-state index contributed by atoms with van der Waals surface area (Å²) in [6.07, 6.45) is -3.42. The number of alkyl halides is 3. The van der Waals surface area contributed by atoms with Gasteiger partial charge in [0, 0.05) is 11.1 Å². The maximum Gasteiger partial charge on any atom is 0.435 e. The van der Waals surface area contributed by atoms with Gasteiger partial charge in [-0.2, -0.15) is 18.3 Å². The first-order valence-electron chi connectivity index (χ1n) is 7.42. The van der Waals surface area contributed by atoms with Crippen molar-refractivity contribution in [3.63, 3.8) is 0 Å². The van der Waals surface area contributed by atoms with E-state index >= 15 is 0 Å². The topological polar surface area (TPSA) is 67.3 Å². The summed E-state index contributed by atoms with van der Waals surface area (Å²) in [7, 11) is 0. The molecule has 4 rings (SSSR count). The fourth-order valence-electron chi connectivity index (χ4n) is 2.55. The van der Waals surface area contributed by atoms with E-state index in [2.05, 4.69) is 25.1 Å². The molecule has 0 atom stereocenters. The van der Waals surface area contributed by atoms with Crippen LogP contribution in [-0.4, -0.2) is 25.1 Å². The Balaban J connectivity index is 1.94. The number of benzene rings is 2. The van der Waals surface area contributed by atoms with E-state index in [4.69, 9.17) is 0 Å². The minimum absolute atomic E-state index is 0.0667. The molecule has 5 nitrogen and oxygen atoms in total. The summed E-state index contributed by atoms with van der Waals surface area (Å²) in [5.41, 5.74) is -0.471. The Labute approximate surface area is 143 Å². The van der Waals surface area contributed by atoms with E-state index in [0.717, 1.165) is 12.1 Å². The van der Waals surface area contributed by atoms with Crippen molar-refractivity contribution in [2.75, 3.05) is 0 Å².